The average Bonchev–Trinajstić information content (AvgIpc) is 2.42. The number of benzene rings is 2. The first-order chi connectivity index (χ1) is 9.16. The fourth-order valence-corrected chi connectivity index (χ4v) is 1.89. The Hall–Kier alpha value is -2.06. The van der Waals surface area contributed by atoms with Crippen LogP contribution in [-0.4, -0.2) is 6.21 Å². The summed E-state index contributed by atoms with van der Waals surface area (Å²) in [4.78, 5) is 0. The molecule has 1 N–H and O–H groups in total. The maximum atomic E-state index is 6.13. The van der Waals surface area contributed by atoms with E-state index >= 15 is 0 Å². The molecule has 2 nitrogen and oxygen atoms in total. The van der Waals surface area contributed by atoms with E-state index < -0.39 is 0 Å². The summed E-state index contributed by atoms with van der Waals surface area (Å²) in [5.74, 6) is 0. The van der Waals surface area contributed by atoms with Crippen LogP contribution in [0.2, 0.25) is 5.02 Å². The molecule has 0 bridgehead atoms. The summed E-state index contributed by atoms with van der Waals surface area (Å²) >= 11 is 6.13. The van der Waals surface area contributed by atoms with Gasteiger partial charge < -0.3 is 0 Å². The first-order valence-corrected chi connectivity index (χ1v) is 6.34. The van der Waals surface area contributed by atoms with Crippen LogP contribution in [-0.2, 0) is 0 Å². The highest BCUT2D eigenvalue weighted by atomic mass is 35.5. The first-order valence-electron chi connectivity index (χ1n) is 5.96. The van der Waals surface area contributed by atoms with E-state index in [9.17, 15) is 0 Å². The monoisotopic (exact) mass is 270 g/mol. The summed E-state index contributed by atoms with van der Waals surface area (Å²) in [7, 11) is 0. The van der Waals surface area contributed by atoms with Gasteiger partial charge >= 0.3 is 0 Å². The normalized spacial score (nSPS) is 10.6. The fraction of sp³-hybridized carbons (Fsp3) is 0.0625. The Balaban J connectivity index is 2.06. The van der Waals surface area contributed by atoms with Crippen molar-refractivity contribution in [2.45, 2.75) is 6.92 Å². The molecule has 0 amide bonds. The van der Waals surface area contributed by atoms with Crippen LogP contribution in [0, 0.1) is 6.92 Å². The minimum atomic E-state index is 0.665. The van der Waals surface area contributed by atoms with Crippen molar-refractivity contribution < 1.29 is 0 Å². The van der Waals surface area contributed by atoms with Crippen LogP contribution < -0.4 is 5.43 Å². The van der Waals surface area contributed by atoms with Gasteiger partial charge in [-0.2, -0.15) is 5.10 Å². The Kier molecular flexibility index (Phi) is 4.37. The topological polar surface area (TPSA) is 24.4 Å². The molecule has 0 atom stereocenters. The molecule has 0 aliphatic heterocycles. The van der Waals surface area contributed by atoms with E-state index in [2.05, 4.69) is 17.1 Å². The van der Waals surface area contributed by atoms with E-state index in [1.165, 1.54) is 0 Å². The lowest BCUT2D eigenvalue weighted by Crippen LogP contribution is -2.04. The zero-order valence-electron chi connectivity index (χ0n) is 10.7. The fourth-order valence-electron chi connectivity index (χ4n) is 1.65. The molecule has 0 aliphatic carbocycles. The smallest absolute Gasteiger partial charge is 0.0577 e. The molecule has 0 heterocycles. The average molecular weight is 271 g/mol. The number of hydrogen-bond acceptors (Lipinski definition) is 2. The highest BCUT2D eigenvalue weighted by Gasteiger charge is 2.03. The Labute approximate surface area is 118 Å². The van der Waals surface area contributed by atoms with E-state index in [-0.39, 0.29) is 0 Å². The van der Waals surface area contributed by atoms with Gasteiger partial charge in [0.25, 0.3) is 0 Å². The van der Waals surface area contributed by atoms with Gasteiger partial charge in [0, 0.05) is 10.6 Å². The van der Waals surface area contributed by atoms with Gasteiger partial charge in [0.05, 0.1) is 11.9 Å². The molecule has 0 saturated carbocycles. The van der Waals surface area contributed by atoms with Gasteiger partial charge in [0.1, 0.15) is 0 Å². The number of halogens is 1. The number of nitrogens with zero attached hydrogens (tertiary/aromatic N) is 1. The van der Waals surface area contributed by atoms with Crippen LogP contribution >= 0.6 is 11.6 Å². The summed E-state index contributed by atoms with van der Waals surface area (Å²) in [5, 5.41) is 4.82. The van der Waals surface area contributed by atoms with Crippen LogP contribution in [0.15, 0.2) is 60.2 Å². The van der Waals surface area contributed by atoms with Crippen molar-refractivity contribution in [3.63, 3.8) is 0 Å². The van der Waals surface area contributed by atoms with Crippen molar-refractivity contribution in [1.82, 2.24) is 5.43 Å². The lowest BCUT2D eigenvalue weighted by Gasteiger charge is -2.08. The van der Waals surface area contributed by atoms with Crippen LogP contribution in [0.3, 0.4) is 0 Å². The Morgan fingerprint density at radius 3 is 2.68 bits per heavy atom. The van der Waals surface area contributed by atoms with Gasteiger partial charge in [-0.1, -0.05) is 60.1 Å². The lowest BCUT2D eigenvalue weighted by molar-refractivity contribution is 1.00. The molecule has 96 valence electrons. The minimum absolute atomic E-state index is 0.665. The third kappa shape index (κ3) is 3.70. The minimum Gasteiger partial charge on any atom is -0.278 e. The molecule has 3 heteroatoms. The number of nitrogens with one attached hydrogen (secondary N) is 1. The van der Waals surface area contributed by atoms with Crippen molar-refractivity contribution in [1.29, 1.82) is 0 Å². The molecule has 0 aliphatic rings. The summed E-state index contributed by atoms with van der Waals surface area (Å²) in [6, 6.07) is 15.7. The molecular weight excluding hydrogens is 256 g/mol. The van der Waals surface area contributed by atoms with Crippen LogP contribution in [0.5, 0.6) is 0 Å². The van der Waals surface area contributed by atoms with Crippen molar-refractivity contribution in [2.24, 2.45) is 5.10 Å². The number of rotatable bonds is 4. The van der Waals surface area contributed by atoms with Gasteiger partial charge in [-0.3, -0.25) is 5.43 Å². The number of hydrazone groups is 1. The SMILES string of the molecule is C=C(N/N=C/c1ccccc1)c1cc(C)ccc1Cl. The second kappa shape index (κ2) is 6.21. The van der Waals surface area contributed by atoms with Crippen LogP contribution in [0.1, 0.15) is 16.7 Å². The Bertz CT molecular complexity index is 603. The third-order valence-corrected chi connectivity index (χ3v) is 2.99. The van der Waals surface area contributed by atoms with E-state index in [4.69, 9.17) is 11.6 Å². The number of hydrogen-bond donors (Lipinski definition) is 1. The second-order valence-electron chi connectivity index (χ2n) is 4.24. The van der Waals surface area contributed by atoms with E-state index in [0.29, 0.717) is 10.7 Å². The zero-order chi connectivity index (χ0) is 13.7. The predicted octanol–water partition coefficient (Wildman–Crippen LogP) is 4.24. The van der Waals surface area contributed by atoms with Crippen molar-refractivity contribution in [2.75, 3.05) is 0 Å². The molecule has 0 aromatic heterocycles. The van der Waals surface area contributed by atoms with Crippen LogP contribution in [0.4, 0.5) is 0 Å². The number of aryl methyl sites for hydroxylation is 1. The maximum Gasteiger partial charge on any atom is 0.0577 e. The molecule has 0 spiro atoms. The Morgan fingerprint density at radius 2 is 1.95 bits per heavy atom. The van der Waals surface area contributed by atoms with Crippen molar-refractivity contribution in [3.8, 4) is 0 Å². The molecular formula is C16H15ClN2. The van der Waals surface area contributed by atoms with E-state index in [0.717, 1.165) is 16.7 Å². The molecule has 0 radical (unpaired) electrons. The van der Waals surface area contributed by atoms with Crippen LogP contribution in [0.25, 0.3) is 5.70 Å². The molecule has 19 heavy (non-hydrogen) atoms. The van der Waals surface area contributed by atoms with E-state index in [1.54, 1.807) is 6.21 Å². The maximum absolute atomic E-state index is 6.13. The molecule has 2 aromatic rings. The van der Waals surface area contributed by atoms with Crippen molar-refractivity contribution >= 4 is 23.5 Å². The van der Waals surface area contributed by atoms with Gasteiger partial charge in [-0.15, -0.1) is 0 Å². The Morgan fingerprint density at radius 1 is 1.21 bits per heavy atom. The summed E-state index contributed by atoms with van der Waals surface area (Å²) in [5.41, 5.74) is 6.61. The molecule has 2 rings (SSSR count). The summed E-state index contributed by atoms with van der Waals surface area (Å²) in [6.07, 6.45) is 1.74. The predicted molar refractivity (Wildman–Crippen MR) is 82.4 cm³/mol. The molecule has 0 saturated heterocycles. The molecule has 2 aromatic carbocycles. The second-order valence-corrected chi connectivity index (χ2v) is 4.65. The highest BCUT2D eigenvalue weighted by Crippen LogP contribution is 2.22. The summed E-state index contributed by atoms with van der Waals surface area (Å²) < 4.78 is 0. The van der Waals surface area contributed by atoms with Gasteiger partial charge in [0.15, 0.2) is 0 Å². The van der Waals surface area contributed by atoms with Gasteiger partial charge in [-0.05, 0) is 24.6 Å². The van der Waals surface area contributed by atoms with Gasteiger partial charge in [0.2, 0.25) is 0 Å². The third-order valence-electron chi connectivity index (χ3n) is 2.66. The molecule has 0 fully saturated rings. The largest absolute Gasteiger partial charge is 0.278 e. The highest BCUT2D eigenvalue weighted by molar-refractivity contribution is 6.32. The quantitative estimate of drug-likeness (QED) is 0.652. The van der Waals surface area contributed by atoms with Crippen molar-refractivity contribution in [3.05, 3.63) is 76.8 Å². The first kappa shape index (κ1) is 13.4. The molecule has 0 unspecified atom stereocenters. The lowest BCUT2D eigenvalue weighted by atomic mass is 10.1. The zero-order valence-corrected chi connectivity index (χ0v) is 11.5. The van der Waals surface area contributed by atoms with E-state index in [1.807, 2.05) is 55.5 Å². The van der Waals surface area contributed by atoms with Gasteiger partial charge in [-0.25, -0.2) is 0 Å². The standard InChI is InChI=1S/C16H15ClN2/c1-12-8-9-16(17)15(10-12)13(2)19-18-11-14-6-4-3-5-7-14/h3-11,19H,2H2,1H3/b18-11+. The summed E-state index contributed by atoms with van der Waals surface area (Å²) in [6.45, 7) is 5.96.